The van der Waals surface area contributed by atoms with Crippen molar-refractivity contribution in [3.8, 4) is 11.8 Å². The minimum Gasteiger partial charge on any atom is -0.403 e. The average molecular weight is 342 g/mol. The molecule has 1 heterocycles. The molecule has 1 rings (SSSR count). The Morgan fingerprint density at radius 2 is 2.19 bits per heavy atom. The molecule has 3 nitrogen and oxygen atoms in total. The van der Waals surface area contributed by atoms with Crippen LogP contribution in [-0.4, -0.2) is 11.3 Å². The summed E-state index contributed by atoms with van der Waals surface area (Å²) in [6.07, 6.45) is -3.37. The first-order valence-electron chi connectivity index (χ1n) is 4.12. The lowest BCUT2D eigenvalue weighted by atomic mass is 10.1. The molecule has 0 aromatic carbocycles. The molecular formula is C9H6F3IN2O. The van der Waals surface area contributed by atoms with Crippen LogP contribution in [-0.2, 0) is 6.42 Å². The molecule has 0 bridgehead atoms. The van der Waals surface area contributed by atoms with E-state index in [1.807, 2.05) is 6.07 Å². The Labute approximate surface area is 103 Å². The van der Waals surface area contributed by atoms with Crippen molar-refractivity contribution in [3.63, 3.8) is 0 Å². The Morgan fingerprint density at radius 3 is 2.69 bits per heavy atom. The summed E-state index contributed by atoms with van der Waals surface area (Å²) in [5.41, 5.74) is 0.723. The van der Waals surface area contributed by atoms with Crippen LogP contribution in [0.5, 0.6) is 5.75 Å². The highest BCUT2D eigenvalue weighted by Crippen LogP contribution is 2.31. The number of hydrogen-bond acceptors (Lipinski definition) is 3. The SMILES string of the molecule is Cc1c(CC#N)cnc(I)c1OC(F)(F)F. The van der Waals surface area contributed by atoms with E-state index < -0.39 is 6.36 Å². The Hall–Kier alpha value is -1.04. The Bertz CT molecular complexity index is 440. The van der Waals surface area contributed by atoms with Crippen molar-refractivity contribution in [2.24, 2.45) is 0 Å². The Morgan fingerprint density at radius 1 is 1.56 bits per heavy atom. The fraction of sp³-hybridized carbons (Fsp3) is 0.333. The van der Waals surface area contributed by atoms with E-state index in [9.17, 15) is 13.2 Å². The van der Waals surface area contributed by atoms with E-state index in [0.717, 1.165) is 0 Å². The fourth-order valence-corrected chi connectivity index (χ4v) is 1.74. The molecule has 0 fully saturated rings. The van der Waals surface area contributed by atoms with E-state index in [2.05, 4.69) is 9.72 Å². The maximum Gasteiger partial charge on any atom is 0.573 e. The monoisotopic (exact) mass is 342 g/mol. The minimum atomic E-state index is -4.75. The van der Waals surface area contributed by atoms with Gasteiger partial charge in [0.05, 0.1) is 12.5 Å². The van der Waals surface area contributed by atoms with Gasteiger partial charge < -0.3 is 4.74 Å². The molecule has 0 unspecified atom stereocenters. The third-order valence-electron chi connectivity index (χ3n) is 1.83. The minimum absolute atomic E-state index is 0.00394. The summed E-state index contributed by atoms with van der Waals surface area (Å²) in [6, 6.07) is 1.86. The average Bonchev–Trinajstić information content (AvgIpc) is 2.16. The van der Waals surface area contributed by atoms with E-state index in [4.69, 9.17) is 5.26 Å². The van der Waals surface area contributed by atoms with Crippen LogP contribution in [0.2, 0.25) is 0 Å². The van der Waals surface area contributed by atoms with Crippen molar-refractivity contribution in [2.45, 2.75) is 19.7 Å². The fourth-order valence-electron chi connectivity index (χ4n) is 1.09. The van der Waals surface area contributed by atoms with Crippen molar-refractivity contribution < 1.29 is 17.9 Å². The van der Waals surface area contributed by atoms with Gasteiger partial charge in [-0.3, -0.25) is 0 Å². The molecule has 0 spiro atoms. The third kappa shape index (κ3) is 3.23. The molecule has 0 aliphatic rings. The van der Waals surface area contributed by atoms with Crippen LogP contribution in [0.1, 0.15) is 11.1 Å². The predicted molar refractivity (Wildman–Crippen MR) is 57.7 cm³/mol. The number of halogens is 4. The van der Waals surface area contributed by atoms with Gasteiger partial charge in [0.1, 0.15) is 3.70 Å². The molecule has 0 radical (unpaired) electrons. The van der Waals surface area contributed by atoms with Crippen molar-refractivity contribution in [1.82, 2.24) is 4.98 Å². The lowest BCUT2D eigenvalue weighted by Crippen LogP contribution is -2.19. The first-order valence-corrected chi connectivity index (χ1v) is 5.19. The number of rotatable bonds is 2. The second-order valence-electron chi connectivity index (χ2n) is 2.91. The molecule has 1 aromatic heterocycles. The van der Waals surface area contributed by atoms with Gasteiger partial charge in [0.2, 0.25) is 0 Å². The van der Waals surface area contributed by atoms with Gasteiger partial charge >= 0.3 is 6.36 Å². The topological polar surface area (TPSA) is 45.9 Å². The van der Waals surface area contributed by atoms with Crippen molar-refractivity contribution >= 4 is 22.6 Å². The number of ether oxygens (including phenoxy) is 1. The van der Waals surface area contributed by atoms with Gasteiger partial charge in [0, 0.05) is 6.20 Å². The van der Waals surface area contributed by atoms with Crippen LogP contribution >= 0.6 is 22.6 Å². The van der Waals surface area contributed by atoms with Crippen LogP contribution in [0, 0.1) is 22.0 Å². The molecule has 0 saturated heterocycles. The summed E-state index contributed by atoms with van der Waals surface area (Å²) < 4.78 is 40.3. The molecule has 16 heavy (non-hydrogen) atoms. The van der Waals surface area contributed by atoms with Crippen LogP contribution in [0.15, 0.2) is 6.20 Å². The summed E-state index contributed by atoms with van der Waals surface area (Å²) in [4.78, 5) is 3.75. The van der Waals surface area contributed by atoms with E-state index in [0.29, 0.717) is 11.1 Å². The summed E-state index contributed by atoms with van der Waals surface area (Å²) in [6.45, 7) is 1.47. The summed E-state index contributed by atoms with van der Waals surface area (Å²) in [7, 11) is 0. The zero-order chi connectivity index (χ0) is 12.3. The molecule has 0 N–H and O–H groups in total. The highest BCUT2D eigenvalue weighted by molar-refractivity contribution is 14.1. The second kappa shape index (κ2) is 4.86. The second-order valence-corrected chi connectivity index (χ2v) is 3.93. The maximum absolute atomic E-state index is 12.1. The van der Waals surface area contributed by atoms with Gasteiger partial charge in [-0.1, -0.05) is 0 Å². The van der Waals surface area contributed by atoms with E-state index in [1.165, 1.54) is 13.1 Å². The van der Waals surface area contributed by atoms with Gasteiger partial charge in [0.25, 0.3) is 0 Å². The van der Waals surface area contributed by atoms with E-state index in [1.54, 1.807) is 22.6 Å². The Kier molecular flexibility index (Phi) is 3.96. The number of aromatic nitrogens is 1. The summed E-state index contributed by atoms with van der Waals surface area (Å²) in [5, 5.41) is 8.49. The zero-order valence-electron chi connectivity index (χ0n) is 8.10. The first-order chi connectivity index (χ1) is 7.35. The Balaban J connectivity index is 3.17. The predicted octanol–water partition coefficient (Wildman–Crippen LogP) is 2.96. The molecule has 1 aromatic rings. The first kappa shape index (κ1) is 13.0. The van der Waals surface area contributed by atoms with Crippen molar-refractivity contribution in [1.29, 1.82) is 5.26 Å². The summed E-state index contributed by atoms with van der Waals surface area (Å²) >= 11 is 1.65. The quantitative estimate of drug-likeness (QED) is 0.613. The third-order valence-corrected chi connectivity index (χ3v) is 2.60. The number of hydrogen-bond donors (Lipinski definition) is 0. The standard InChI is InChI=1S/C9H6F3IN2O/c1-5-6(2-3-14)4-15-8(13)7(5)16-9(10,11)12/h4H,2H2,1H3. The highest BCUT2D eigenvalue weighted by atomic mass is 127. The van der Waals surface area contributed by atoms with E-state index in [-0.39, 0.29) is 15.9 Å². The number of nitrogens with zero attached hydrogens (tertiary/aromatic N) is 2. The normalized spacial score (nSPS) is 11.0. The van der Waals surface area contributed by atoms with Crippen LogP contribution in [0.3, 0.4) is 0 Å². The molecule has 7 heteroatoms. The largest absolute Gasteiger partial charge is 0.573 e. The smallest absolute Gasteiger partial charge is 0.403 e. The lowest BCUT2D eigenvalue weighted by Gasteiger charge is -2.14. The van der Waals surface area contributed by atoms with Gasteiger partial charge in [-0.25, -0.2) is 4.98 Å². The van der Waals surface area contributed by atoms with Gasteiger partial charge in [-0.2, -0.15) is 5.26 Å². The van der Waals surface area contributed by atoms with Gasteiger partial charge in [-0.15, -0.1) is 13.2 Å². The highest BCUT2D eigenvalue weighted by Gasteiger charge is 2.33. The van der Waals surface area contributed by atoms with E-state index >= 15 is 0 Å². The number of alkyl halides is 3. The van der Waals surface area contributed by atoms with Gasteiger partial charge in [-0.05, 0) is 40.6 Å². The maximum atomic E-state index is 12.1. The molecular weight excluding hydrogens is 336 g/mol. The van der Waals surface area contributed by atoms with Crippen LogP contribution in [0.4, 0.5) is 13.2 Å². The lowest BCUT2D eigenvalue weighted by molar-refractivity contribution is -0.275. The van der Waals surface area contributed by atoms with Crippen molar-refractivity contribution in [2.75, 3.05) is 0 Å². The molecule has 0 aliphatic carbocycles. The molecule has 86 valence electrons. The molecule has 0 amide bonds. The van der Waals surface area contributed by atoms with Crippen LogP contribution in [0.25, 0.3) is 0 Å². The number of nitriles is 1. The van der Waals surface area contributed by atoms with Gasteiger partial charge in [0.15, 0.2) is 5.75 Å². The van der Waals surface area contributed by atoms with Crippen molar-refractivity contribution in [3.05, 3.63) is 21.0 Å². The zero-order valence-corrected chi connectivity index (χ0v) is 10.3. The van der Waals surface area contributed by atoms with Crippen LogP contribution < -0.4 is 4.74 Å². The molecule has 0 aliphatic heterocycles. The molecule has 0 saturated carbocycles. The summed E-state index contributed by atoms with van der Waals surface area (Å²) in [5.74, 6) is -0.333. The number of pyridine rings is 1. The molecule has 0 atom stereocenters.